The molecule has 0 fully saturated rings. The van der Waals surface area contributed by atoms with E-state index in [1.165, 1.54) is 6.07 Å². The predicted octanol–water partition coefficient (Wildman–Crippen LogP) is 1.22. The molecule has 1 amide bonds. The number of benzene rings is 1. The van der Waals surface area contributed by atoms with Gasteiger partial charge in [-0.2, -0.15) is 0 Å². The summed E-state index contributed by atoms with van der Waals surface area (Å²) >= 11 is 0. The van der Waals surface area contributed by atoms with Gasteiger partial charge in [-0.15, -0.1) is 0 Å². The van der Waals surface area contributed by atoms with Gasteiger partial charge in [0.1, 0.15) is 0 Å². The molecular formula is C12H15N3O3. The molecule has 18 heavy (non-hydrogen) atoms. The summed E-state index contributed by atoms with van der Waals surface area (Å²) in [6.45, 7) is 1.09. The van der Waals surface area contributed by atoms with Gasteiger partial charge in [-0.25, -0.2) is 0 Å². The highest BCUT2D eigenvalue weighted by Crippen LogP contribution is 2.30. The van der Waals surface area contributed by atoms with Gasteiger partial charge in [-0.3, -0.25) is 14.9 Å². The van der Waals surface area contributed by atoms with Crippen LogP contribution in [-0.4, -0.2) is 23.9 Å². The summed E-state index contributed by atoms with van der Waals surface area (Å²) in [6.07, 6.45) is 1.69. The minimum absolute atomic E-state index is 0.0600. The van der Waals surface area contributed by atoms with E-state index in [0.29, 0.717) is 25.9 Å². The lowest BCUT2D eigenvalue weighted by Gasteiger charge is -2.29. The second-order valence-corrected chi connectivity index (χ2v) is 4.26. The zero-order chi connectivity index (χ0) is 13.1. The summed E-state index contributed by atoms with van der Waals surface area (Å²) in [6, 6.07) is 4.64. The third kappa shape index (κ3) is 2.33. The number of nitro benzene ring substituents is 1. The zero-order valence-electron chi connectivity index (χ0n) is 9.96. The number of hydrogen-bond acceptors (Lipinski definition) is 4. The molecule has 1 aliphatic heterocycles. The lowest BCUT2D eigenvalue weighted by molar-refractivity contribution is -0.384. The molecule has 6 heteroatoms. The Morgan fingerprint density at radius 2 is 2.17 bits per heavy atom. The molecular weight excluding hydrogens is 234 g/mol. The fourth-order valence-corrected chi connectivity index (χ4v) is 2.15. The topological polar surface area (TPSA) is 89.5 Å². The fraction of sp³-hybridized carbons (Fsp3) is 0.417. The van der Waals surface area contributed by atoms with Gasteiger partial charge in [0.2, 0.25) is 5.91 Å². The van der Waals surface area contributed by atoms with Crippen molar-refractivity contribution in [1.29, 1.82) is 0 Å². The molecule has 96 valence electrons. The second-order valence-electron chi connectivity index (χ2n) is 4.26. The quantitative estimate of drug-likeness (QED) is 0.641. The third-order valence-corrected chi connectivity index (χ3v) is 3.06. The van der Waals surface area contributed by atoms with Crippen LogP contribution in [0.4, 0.5) is 11.4 Å². The number of amides is 1. The minimum Gasteiger partial charge on any atom is -0.330 e. The normalized spacial score (nSPS) is 14.5. The first-order valence-corrected chi connectivity index (χ1v) is 5.91. The van der Waals surface area contributed by atoms with Crippen LogP contribution < -0.4 is 10.6 Å². The van der Waals surface area contributed by atoms with Crippen molar-refractivity contribution in [2.24, 2.45) is 5.73 Å². The number of rotatable bonds is 4. The van der Waals surface area contributed by atoms with Crippen LogP contribution in [0.25, 0.3) is 0 Å². The van der Waals surface area contributed by atoms with Gasteiger partial charge >= 0.3 is 0 Å². The van der Waals surface area contributed by atoms with Gasteiger partial charge in [-0.05, 0) is 31.0 Å². The summed E-state index contributed by atoms with van der Waals surface area (Å²) in [7, 11) is 0. The van der Waals surface area contributed by atoms with Gasteiger partial charge in [0, 0.05) is 30.8 Å². The highest BCUT2D eigenvalue weighted by atomic mass is 16.6. The number of carbonyl (C=O) groups excluding carboxylic acids is 1. The molecule has 0 saturated heterocycles. The number of carbonyl (C=O) groups is 1. The molecule has 0 aliphatic carbocycles. The van der Waals surface area contributed by atoms with Crippen molar-refractivity contribution in [3.05, 3.63) is 33.9 Å². The van der Waals surface area contributed by atoms with Crippen molar-refractivity contribution in [2.75, 3.05) is 18.0 Å². The number of non-ortho nitro benzene ring substituents is 1. The molecule has 6 nitrogen and oxygen atoms in total. The molecule has 1 aromatic rings. The second kappa shape index (κ2) is 5.14. The summed E-state index contributed by atoms with van der Waals surface area (Å²) in [4.78, 5) is 23.8. The molecule has 1 aliphatic rings. The first kappa shape index (κ1) is 12.5. The zero-order valence-corrected chi connectivity index (χ0v) is 9.96. The number of nitrogens with two attached hydrogens (primary N) is 1. The van der Waals surface area contributed by atoms with E-state index in [1.54, 1.807) is 17.0 Å². The Morgan fingerprint density at radius 1 is 1.39 bits per heavy atom. The highest BCUT2D eigenvalue weighted by Gasteiger charge is 2.25. The molecule has 0 atom stereocenters. The van der Waals surface area contributed by atoms with Crippen molar-refractivity contribution in [1.82, 2.24) is 0 Å². The van der Waals surface area contributed by atoms with Crippen LogP contribution in [0, 0.1) is 10.1 Å². The van der Waals surface area contributed by atoms with Gasteiger partial charge in [0.05, 0.1) is 4.92 Å². The fourth-order valence-electron chi connectivity index (χ4n) is 2.15. The Labute approximate surface area is 105 Å². The average Bonchev–Trinajstić information content (AvgIpc) is 2.37. The number of nitro groups is 1. The van der Waals surface area contributed by atoms with Crippen molar-refractivity contribution < 1.29 is 9.72 Å². The number of nitrogens with zero attached hydrogens (tertiary/aromatic N) is 2. The molecule has 0 bridgehead atoms. The molecule has 0 radical (unpaired) electrons. The molecule has 0 aromatic heterocycles. The standard InChI is InChI=1S/C12H15N3O3/c13-6-1-7-14-11-4-3-10(15(17)18)8-9(11)2-5-12(14)16/h3-4,8H,1-2,5-7,13H2. The Balaban J connectivity index is 2.32. The monoisotopic (exact) mass is 249 g/mol. The number of fused-ring (bicyclic) bond motifs is 1. The summed E-state index contributed by atoms with van der Waals surface area (Å²) in [5.41, 5.74) is 7.16. The van der Waals surface area contributed by atoms with Crippen LogP contribution in [0.1, 0.15) is 18.4 Å². The smallest absolute Gasteiger partial charge is 0.269 e. The van der Waals surface area contributed by atoms with Crippen LogP contribution in [0.5, 0.6) is 0 Å². The molecule has 1 aromatic carbocycles. The lowest BCUT2D eigenvalue weighted by atomic mass is 10.0. The third-order valence-electron chi connectivity index (χ3n) is 3.06. The summed E-state index contributed by atoms with van der Waals surface area (Å²) in [5.74, 6) is 0.0600. The van der Waals surface area contributed by atoms with Gasteiger partial charge < -0.3 is 10.6 Å². The van der Waals surface area contributed by atoms with E-state index in [9.17, 15) is 14.9 Å². The molecule has 1 heterocycles. The van der Waals surface area contributed by atoms with Crippen LogP contribution in [-0.2, 0) is 11.2 Å². The maximum Gasteiger partial charge on any atom is 0.269 e. The Morgan fingerprint density at radius 3 is 2.83 bits per heavy atom. The van der Waals surface area contributed by atoms with E-state index in [0.717, 1.165) is 17.7 Å². The van der Waals surface area contributed by atoms with E-state index >= 15 is 0 Å². The Hall–Kier alpha value is -1.95. The van der Waals surface area contributed by atoms with Crippen LogP contribution in [0.3, 0.4) is 0 Å². The first-order chi connectivity index (χ1) is 8.63. The maximum atomic E-state index is 11.8. The molecule has 0 unspecified atom stereocenters. The Kier molecular flexibility index (Phi) is 3.57. The van der Waals surface area contributed by atoms with E-state index in [1.807, 2.05) is 0 Å². The lowest BCUT2D eigenvalue weighted by Crippen LogP contribution is -2.36. The van der Waals surface area contributed by atoms with Gasteiger partial charge in [-0.1, -0.05) is 0 Å². The Bertz CT molecular complexity index is 487. The van der Waals surface area contributed by atoms with E-state index in [-0.39, 0.29) is 11.6 Å². The van der Waals surface area contributed by atoms with Crippen molar-refractivity contribution in [3.63, 3.8) is 0 Å². The largest absolute Gasteiger partial charge is 0.330 e. The maximum absolute atomic E-state index is 11.8. The number of anilines is 1. The van der Waals surface area contributed by atoms with Crippen LogP contribution >= 0.6 is 0 Å². The highest BCUT2D eigenvalue weighted by molar-refractivity contribution is 5.96. The van der Waals surface area contributed by atoms with Crippen molar-refractivity contribution in [3.8, 4) is 0 Å². The van der Waals surface area contributed by atoms with Crippen molar-refractivity contribution >= 4 is 17.3 Å². The summed E-state index contributed by atoms with van der Waals surface area (Å²) in [5, 5.41) is 10.7. The molecule has 2 N–H and O–H groups in total. The van der Waals surface area contributed by atoms with E-state index in [2.05, 4.69) is 0 Å². The first-order valence-electron chi connectivity index (χ1n) is 5.91. The van der Waals surface area contributed by atoms with Gasteiger partial charge in [0.25, 0.3) is 5.69 Å². The average molecular weight is 249 g/mol. The number of aryl methyl sites for hydroxylation is 1. The summed E-state index contributed by atoms with van der Waals surface area (Å²) < 4.78 is 0. The molecule has 0 spiro atoms. The van der Waals surface area contributed by atoms with Crippen LogP contribution in [0.2, 0.25) is 0 Å². The van der Waals surface area contributed by atoms with Crippen molar-refractivity contribution in [2.45, 2.75) is 19.3 Å². The van der Waals surface area contributed by atoms with E-state index in [4.69, 9.17) is 5.73 Å². The van der Waals surface area contributed by atoms with E-state index < -0.39 is 4.92 Å². The molecule has 0 saturated carbocycles. The SMILES string of the molecule is NCCCN1C(=O)CCc2cc([N+](=O)[O-])ccc21. The predicted molar refractivity (Wildman–Crippen MR) is 67.4 cm³/mol. The minimum atomic E-state index is -0.416. The van der Waals surface area contributed by atoms with Crippen LogP contribution in [0.15, 0.2) is 18.2 Å². The molecule has 2 rings (SSSR count). The number of hydrogen-bond donors (Lipinski definition) is 1. The van der Waals surface area contributed by atoms with Gasteiger partial charge in [0.15, 0.2) is 0 Å².